The van der Waals surface area contributed by atoms with E-state index in [4.69, 9.17) is 11.6 Å². The quantitative estimate of drug-likeness (QED) is 0.721. The van der Waals surface area contributed by atoms with Crippen LogP contribution in [0, 0.1) is 20.8 Å². The van der Waals surface area contributed by atoms with E-state index in [2.05, 4.69) is 45.8 Å². The highest BCUT2D eigenvalue weighted by atomic mass is 79.9. The summed E-state index contributed by atoms with van der Waals surface area (Å²) < 4.78 is 0.766. The lowest BCUT2D eigenvalue weighted by molar-refractivity contribution is 1.09. The highest BCUT2D eigenvalue weighted by molar-refractivity contribution is 9.10. The molecule has 0 spiro atoms. The highest BCUT2D eigenvalue weighted by Gasteiger charge is 2.12. The smallest absolute Gasteiger partial charge is 0.162 e. The molecule has 0 unspecified atom stereocenters. The second kappa shape index (κ2) is 4.43. The van der Waals surface area contributed by atoms with Crippen molar-refractivity contribution in [2.45, 2.75) is 20.8 Å². The van der Waals surface area contributed by atoms with Gasteiger partial charge in [0.1, 0.15) is 5.15 Å². The van der Waals surface area contributed by atoms with Gasteiger partial charge >= 0.3 is 0 Å². The molecule has 2 aromatic heterocycles. The summed E-state index contributed by atoms with van der Waals surface area (Å²) in [6.45, 7) is 6.06. The maximum atomic E-state index is 6.03. The molecule has 2 nitrogen and oxygen atoms in total. The summed E-state index contributed by atoms with van der Waals surface area (Å²) in [7, 11) is 0. The number of hydrogen-bond acceptors (Lipinski definition) is 3. The first-order valence-corrected chi connectivity index (χ1v) is 6.75. The minimum atomic E-state index is 0.464. The first-order chi connectivity index (χ1) is 7.49. The molecule has 0 aromatic carbocycles. The SMILES string of the molecule is Cc1cc(-c2nc(C)c(Br)c(Cl)n2)c(C)s1. The summed E-state index contributed by atoms with van der Waals surface area (Å²) in [5.41, 5.74) is 1.93. The maximum Gasteiger partial charge on any atom is 0.162 e. The van der Waals surface area contributed by atoms with Crippen molar-refractivity contribution in [3.63, 3.8) is 0 Å². The molecule has 84 valence electrons. The number of aromatic nitrogens is 2. The molecule has 2 aromatic rings. The van der Waals surface area contributed by atoms with Crippen molar-refractivity contribution in [2.75, 3.05) is 0 Å². The monoisotopic (exact) mass is 316 g/mol. The summed E-state index contributed by atoms with van der Waals surface area (Å²) in [5.74, 6) is 0.701. The van der Waals surface area contributed by atoms with Crippen molar-refractivity contribution < 1.29 is 0 Å². The number of halogens is 2. The van der Waals surface area contributed by atoms with Crippen LogP contribution in [0.1, 0.15) is 15.4 Å². The summed E-state index contributed by atoms with van der Waals surface area (Å²) in [6, 6.07) is 2.10. The Balaban J connectivity index is 2.61. The van der Waals surface area contributed by atoms with Crippen LogP contribution in [0.5, 0.6) is 0 Å². The molecule has 0 atom stereocenters. The molecular formula is C11H10BrClN2S. The van der Waals surface area contributed by atoms with Gasteiger partial charge in [0, 0.05) is 15.3 Å². The van der Waals surface area contributed by atoms with Crippen LogP contribution >= 0.6 is 38.9 Å². The molecule has 2 heterocycles. The molecule has 0 fully saturated rings. The fraction of sp³-hybridized carbons (Fsp3) is 0.273. The summed E-state index contributed by atoms with van der Waals surface area (Å²) in [6.07, 6.45) is 0. The molecule has 0 aliphatic carbocycles. The minimum absolute atomic E-state index is 0.464. The average Bonchev–Trinajstić information content (AvgIpc) is 2.53. The Bertz CT molecular complexity index is 528. The molecule has 0 aliphatic rings. The van der Waals surface area contributed by atoms with Crippen LogP contribution in [0.2, 0.25) is 5.15 Å². The third-order valence-corrected chi connectivity index (χ3v) is 4.68. The fourth-order valence-corrected chi connectivity index (χ4v) is 2.81. The molecule has 0 saturated carbocycles. The van der Waals surface area contributed by atoms with Crippen molar-refractivity contribution >= 4 is 38.9 Å². The van der Waals surface area contributed by atoms with Gasteiger partial charge in [-0.2, -0.15) is 0 Å². The third-order valence-electron chi connectivity index (χ3n) is 2.26. The van der Waals surface area contributed by atoms with Crippen molar-refractivity contribution in [3.05, 3.63) is 31.1 Å². The summed E-state index contributed by atoms with van der Waals surface area (Å²) in [4.78, 5) is 11.2. The first-order valence-electron chi connectivity index (χ1n) is 4.76. The average molecular weight is 318 g/mol. The standard InChI is InChI=1S/C11H10BrClN2S/c1-5-4-8(7(3)16-5)11-14-6(2)9(12)10(13)15-11/h4H,1-3H3. The van der Waals surface area contributed by atoms with Crippen LogP contribution < -0.4 is 0 Å². The van der Waals surface area contributed by atoms with Crippen LogP contribution in [-0.4, -0.2) is 9.97 Å². The van der Waals surface area contributed by atoms with Gasteiger partial charge in [0.15, 0.2) is 5.82 Å². The molecule has 16 heavy (non-hydrogen) atoms. The van der Waals surface area contributed by atoms with Crippen molar-refractivity contribution in [3.8, 4) is 11.4 Å². The lowest BCUT2D eigenvalue weighted by Crippen LogP contribution is -1.94. The van der Waals surface area contributed by atoms with Crippen molar-refractivity contribution in [1.82, 2.24) is 9.97 Å². The number of thiophene rings is 1. The lowest BCUT2D eigenvalue weighted by atomic mass is 10.2. The molecule has 0 saturated heterocycles. The van der Waals surface area contributed by atoms with Gasteiger partial charge in [-0.3, -0.25) is 0 Å². The van der Waals surface area contributed by atoms with Gasteiger partial charge in [-0.1, -0.05) is 11.6 Å². The van der Waals surface area contributed by atoms with Gasteiger partial charge in [-0.15, -0.1) is 11.3 Å². The zero-order chi connectivity index (χ0) is 11.9. The van der Waals surface area contributed by atoms with Crippen LogP contribution in [-0.2, 0) is 0 Å². The van der Waals surface area contributed by atoms with E-state index < -0.39 is 0 Å². The van der Waals surface area contributed by atoms with Crippen LogP contribution in [0.3, 0.4) is 0 Å². The van der Waals surface area contributed by atoms with E-state index in [9.17, 15) is 0 Å². The summed E-state index contributed by atoms with van der Waals surface area (Å²) >= 11 is 11.1. The van der Waals surface area contributed by atoms with Gasteiger partial charge in [0.2, 0.25) is 0 Å². The Morgan fingerprint density at radius 2 is 1.94 bits per heavy atom. The van der Waals surface area contributed by atoms with Crippen molar-refractivity contribution in [1.29, 1.82) is 0 Å². The Morgan fingerprint density at radius 1 is 1.25 bits per heavy atom. The third kappa shape index (κ3) is 2.14. The van der Waals surface area contributed by atoms with Crippen LogP contribution in [0.4, 0.5) is 0 Å². The van der Waals surface area contributed by atoms with Crippen molar-refractivity contribution in [2.24, 2.45) is 0 Å². The van der Waals surface area contributed by atoms with E-state index in [1.807, 2.05) is 6.92 Å². The molecule has 0 bridgehead atoms. The zero-order valence-corrected chi connectivity index (χ0v) is 12.3. The minimum Gasteiger partial charge on any atom is -0.232 e. The molecule has 5 heteroatoms. The summed E-state index contributed by atoms with van der Waals surface area (Å²) in [5, 5.41) is 0.464. The Labute approximate surface area is 112 Å². The topological polar surface area (TPSA) is 25.8 Å². The van der Waals surface area contributed by atoms with E-state index in [0.717, 1.165) is 15.7 Å². The molecule has 2 rings (SSSR count). The molecule has 0 radical (unpaired) electrons. The molecule has 0 N–H and O–H groups in total. The molecular weight excluding hydrogens is 308 g/mol. The Kier molecular flexibility index (Phi) is 3.33. The van der Waals surface area contributed by atoms with Gasteiger partial charge in [0.05, 0.1) is 10.2 Å². The normalized spacial score (nSPS) is 10.8. The van der Waals surface area contributed by atoms with E-state index in [-0.39, 0.29) is 0 Å². The fourth-order valence-electron chi connectivity index (χ4n) is 1.50. The molecule has 0 aliphatic heterocycles. The predicted octanol–water partition coefficient (Wildman–Crippen LogP) is 4.55. The maximum absolute atomic E-state index is 6.03. The van der Waals surface area contributed by atoms with Gasteiger partial charge < -0.3 is 0 Å². The second-order valence-electron chi connectivity index (χ2n) is 3.56. The number of nitrogens with zero attached hydrogens (tertiary/aromatic N) is 2. The van der Waals surface area contributed by atoms with E-state index in [1.165, 1.54) is 9.75 Å². The second-order valence-corrected chi connectivity index (χ2v) is 6.18. The van der Waals surface area contributed by atoms with Crippen LogP contribution in [0.25, 0.3) is 11.4 Å². The first kappa shape index (κ1) is 12.0. The lowest BCUT2D eigenvalue weighted by Gasteiger charge is -2.04. The Hall–Kier alpha value is -0.450. The van der Waals surface area contributed by atoms with E-state index in [0.29, 0.717) is 11.0 Å². The molecule has 0 amide bonds. The number of hydrogen-bond donors (Lipinski definition) is 0. The van der Waals surface area contributed by atoms with Gasteiger partial charge in [-0.25, -0.2) is 9.97 Å². The largest absolute Gasteiger partial charge is 0.232 e. The zero-order valence-electron chi connectivity index (χ0n) is 9.14. The van der Waals surface area contributed by atoms with Crippen LogP contribution in [0.15, 0.2) is 10.5 Å². The Morgan fingerprint density at radius 3 is 2.44 bits per heavy atom. The van der Waals surface area contributed by atoms with Gasteiger partial charge in [0.25, 0.3) is 0 Å². The number of rotatable bonds is 1. The van der Waals surface area contributed by atoms with Gasteiger partial charge in [-0.05, 0) is 42.8 Å². The number of aryl methyl sites for hydroxylation is 3. The van der Waals surface area contributed by atoms with E-state index in [1.54, 1.807) is 11.3 Å². The predicted molar refractivity (Wildman–Crippen MR) is 72.3 cm³/mol. The van der Waals surface area contributed by atoms with E-state index >= 15 is 0 Å². The highest BCUT2D eigenvalue weighted by Crippen LogP contribution is 2.31.